The maximum absolute atomic E-state index is 13.8. The molecule has 2 unspecified atom stereocenters. The molecule has 20 nitrogen and oxygen atoms in total. The maximum Gasteiger partial charge on any atom is 0.481 e. The van der Waals surface area contributed by atoms with E-state index in [9.17, 15) is 53.4 Å². The lowest BCUT2D eigenvalue weighted by molar-refractivity contribution is -0.167. The highest BCUT2D eigenvalue weighted by molar-refractivity contribution is 7.61. The van der Waals surface area contributed by atoms with Crippen molar-refractivity contribution in [3.63, 3.8) is 0 Å². The summed E-state index contributed by atoms with van der Waals surface area (Å²) >= 11 is 0. The Bertz CT molecular complexity index is 2050. The van der Waals surface area contributed by atoms with Gasteiger partial charge >= 0.3 is 33.3 Å². The Balaban J connectivity index is 1.76. The highest BCUT2D eigenvalue weighted by atomic mass is 31.3. The molecule has 2 bridgehead atoms. The Morgan fingerprint density at radius 2 is 1.53 bits per heavy atom. The molecule has 2 aliphatic heterocycles. The molecule has 0 radical (unpaired) electrons. The summed E-state index contributed by atoms with van der Waals surface area (Å²) in [5.74, 6) is -4.66. The van der Waals surface area contributed by atoms with Crippen molar-refractivity contribution in [2.75, 3.05) is 25.6 Å². The summed E-state index contributed by atoms with van der Waals surface area (Å²) in [5, 5.41) is 33.8. The van der Waals surface area contributed by atoms with Crippen LogP contribution in [0.5, 0.6) is 0 Å². The van der Waals surface area contributed by atoms with Gasteiger partial charge in [-0.25, -0.2) is 13.9 Å². The second kappa shape index (κ2) is 34.8. The van der Waals surface area contributed by atoms with Gasteiger partial charge in [-0.15, -0.1) is 0 Å². The third-order valence-corrected chi connectivity index (χ3v) is 14.7. The molecule has 3 rings (SSSR count). The normalized spacial score (nSPS) is 28.0. The molecule has 0 amide bonds. The Hall–Kier alpha value is -3.65. The Kier molecular flexibility index (Phi) is 30.2. The second-order valence-electron chi connectivity index (χ2n) is 18.3. The molecule has 0 aliphatic carbocycles. The van der Waals surface area contributed by atoms with Crippen molar-refractivity contribution < 1.29 is 76.2 Å². The minimum atomic E-state index is -5.67. The lowest BCUT2D eigenvalue weighted by Gasteiger charge is -2.36. The number of cyclic esters (lactones) is 1. The fourth-order valence-electron chi connectivity index (χ4n) is 7.98. The van der Waals surface area contributed by atoms with Gasteiger partial charge in [0, 0.05) is 25.0 Å². The van der Waals surface area contributed by atoms with E-state index in [-0.39, 0.29) is 31.5 Å². The van der Waals surface area contributed by atoms with Crippen molar-refractivity contribution in [1.82, 2.24) is 9.55 Å². The van der Waals surface area contributed by atoms with Crippen LogP contribution in [0, 0.1) is 11.8 Å². The van der Waals surface area contributed by atoms with Crippen molar-refractivity contribution in [3.05, 3.63) is 71.4 Å². The Morgan fingerprint density at radius 3 is 2.21 bits per heavy atom. The van der Waals surface area contributed by atoms with Gasteiger partial charge in [-0.2, -0.15) is 9.29 Å². The first kappa shape index (κ1) is 62.6. The molecule has 72 heavy (non-hydrogen) atoms. The van der Waals surface area contributed by atoms with E-state index in [0.29, 0.717) is 25.7 Å². The number of hydrogen-bond acceptors (Lipinski definition) is 17. The molecule has 7 N–H and O–H groups in total. The van der Waals surface area contributed by atoms with Crippen LogP contribution in [0.1, 0.15) is 161 Å². The Morgan fingerprint density at radius 1 is 0.889 bits per heavy atom. The molecule has 2 aliphatic rings. The van der Waals surface area contributed by atoms with E-state index >= 15 is 0 Å². The number of fused-ring (bicyclic) bond motifs is 3. The molecule has 0 spiro atoms. The van der Waals surface area contributed by atoms with Crippen molar-refractivity contribution in [1.29, 1.82) is 0 Å². The largest absolute Gasteiger partial charge is 0.481 e. The number of aromatic nitrogens is 2. The van der Waals surface area contributed by atoms with E-state index in [1.807, 2.05) is 6.92 Å². The monoisotopic (exact) mass is 1060 g/mol. The second-order valence-corrected chi connectivity index (χ2v) is 21.4. The number of ether oxygens (including phenoxy) is 3. The van der Waals surface area contributed by atoms with Crippen molar-refractivity contribution >= 4 is 39.2 Å². The number of carbonyl (C=O) groups excluding carboxylic acids is 3. The number of anilines is 1. The van der Waals surface area contributed by atoms with Crippen molar-refractivity contribution in [2.24, 2.45) is 11.8 Å². The number of ketones is 1. The first-order valence-corrected chi connectivity index (χ1v) is 28.7. The quantitative estimate of drug-likeness (QED) is 0.0246. The van der Waals surface area contributed by atoms with Crippen LogP contribution in [0.2, 0.25) is 0 Å². The minimum absolute atomic E-state index is 0.0517. The first-order valence-electron chi connectivity index (χ1n) is 25.7. The van der Waals surface area contributed by atoms with Gasteiger partial charge in [-0.1, -0.05) is 127 Å². The number of aliphatic hydroxyl groups is 3. The molecule has 3 heterocycles. The number of allylic oxidation sites excluding steroid dienone is 5. The first-order chi connectivity index (χ1) is 34.4. The topological polar surface area (TPSA) is 303 Å². The number of esters is 2. The predicted octanol–water partition coefficient (Wildman–Crippen LogP) is 8.17. The minimum Gasteiger partial charge on any atom is -0.462 e. The van der Waals surface area contributed by atoms with Gasteiger partial charge in [0.25, 0.3) is 0 Å². The number of aliphatic hydroxyl groups excluding tert-OH is 3. The lowest BCUT2D eigenvalue weighted by atomic mass is 9.88. The molecule has 0 saturated heterocycles. The molecule has 1 aromatic heterocycles. The van der Waals surface area contributed by atoms with Gasteiger partial charge in [0.2, 0.25) is 0 Å². The number of nitrogen functional groups attached to an aromatic ring is 1. The highest BCUT2D eigenvalue weighted by Gasteiger charge is 2.42. The fraction of sp³-hybridized carbons (Fsp3) is 0.700. The predicted molar refractivity (Wildman–Crippen MR) is 270 cm³/mol. The van der Waals surface area contributed by atoms with Gasteiger partial charge in [0.15, 0.2) is 11.9 Å². The average Bonchev–Trinajstić information content (AvgIpc) is 3.32. The number of nitrogens with two attached hydrogens (primary N) is 1. The number of phosphoric acid groups is 2. The third-order valence-electron chi connectivity index (χ3n) is 12.1. The number of unbranched alkanes of at least 4 members (excludes halogenated alkanes) is 13. The average molecular weight is 1060 g/mol. The summed E-state index contributed by atoms with van der Waals surface area (Å²) in [6, 6.07) is 1.28. The van der Waals surface area contributed by atoms with Gasteiger partial charge in [0.1, 0.15) is 30.9 Å². The van der Waals surface area contributed by atoms with Crippen molar-refractivity contribution in [2.45, 2.75) is 192 Å². The van der Waals surface area contributed by atoms with Gasteiger partial charge in [0.05, 0.1) is 31.3 Å². The standard InChI is InChI=1S/C50H81N3O17P2/c1-3-5-7-8-9-10-11-12-13-14-15-16-17-18-23-27-45(56)65-35-40-36-66-71(61,62)70-72(63,64)67-37-43-48(59)47(58)41(31-30-39(54)26-21-6-4-2)42(55)32-29-38(25-22-19-20-24-28-46(57)68-40)49(69-43)53-34-33-44(51)52-50(53)60/h10-11,19,22,29-34,38-41,43,47-49,54,58-59H,3-9,12-18,20-21,23-28,35-37H2,1-2H3,(H,61,62)(H,63,64)(H2,51,52,60)/b11-10-,22-19?,31-30?,32-29?/t38-,39-,40+,41-,43+,47-,48+,49+/m0/s1. The van der Waals surface area contributed by atoms with E-state index in [4.69, 9.17) is 29.0 Å². The molecule has 22 heteroatoms. The van der Waals surface area contributed by atoms with Gasteiger partial charge in [-0.3, -0.25) is 28.0 Å². The summed E-state index contributed by atoms with van der Waals surface area (Å²) < 4.78 is 59.0. The number of phosphoric ester groups is 2. The van der Waals surface area contributed by atoms with Crippen LogP contribution in [0.25, 0.3) is 0 Å². The summed E-state index contributed by atoms with van der Waals surface area (Å²) in [5.41, 5.74) is 4.83. The van der Waals surface area contributed by atoms with E-state index in [0.717, 1.165) is 74.9 Å². The molecule has 1 aromatic rings. The number of nitrogens with zero attached hydrogens (tertiary/aromatic N) is 2. The van der Waals surface area contributed by atoms with E-state index in [1.54, 1.807) is 12.2 Å². The smallest absolute Gasteiger partial charge is 0.462 e. The lowest BCUT2D eigenvalue weighted by Crippen LogP contribution is -2.49. The number of hydrogen-bond donors (Lipinski definition) is 6. The molecule has 0 aromatic carbocycles. The van der Waals surface area contributed by atoms with Crippen LogP contribution in [-0.4, -0.2) is 103 Å². The number of rotatable bonds is 24. The van der Waals surface area contributed by atoms with Crippen LogP contribution >= 0.6 is 15.6 Å². The van der Waals surface area contributed by atoms with Crippen LogP contribution in [0.15, 0.2) is 65.7 Å². The van der Waals surface area contributed by atoms with E-state index < -0.39 is 107 Å². The van der Waals surface area contributed by atoms with Gasteiger partial charge in [-0.05, 0) is 69.9 Å². The SMILES string of the molecule is CCCCCC/C=C\CCCCCCCCCC(=O)OC[C@@H]1COP(=O)(O)OP(=O)(O)OC[C@H]2O[C@@H](n3ccc(N)nc3=O)[C@H](C=CC(=O)[C@H](C=C[C@@H](O)CCCCC)[C@H](O)[C@@H]2O)CC=CCCCC(=O)O1. The third kappa shape index (κ3) is 25.5. The van der Waals surface area contributed by atoms with Crippen LogP contribution < -0.4 is 11.4 Å². The molecule has 10 atom stereocenters. The zero-order chi connectivity index (χ0) is 52.8. The molecule has 0 fully saturated rings. The van der Waals surface area contributed by atoms with Gasteiger partial charge < -0.3 is 45.1 Å². The molecule has 0 saturated carbocycles. The zero-order valence-corrected chi connectivity index (χ0v) is 43.9. The summed E-state index contributed by atoms with van der Waals surface area (Å²) in [6.45, 7) is 1.55. The molecule has 408 valence electrons. The maximum atomic E-state index is 13.8. The molecular formula is C50H81N3O17P2. The summed E-state index contributed by atoms with van der Waals surface area (Å²) in [4.78, 5) is 77.8. The molecular weight excluding hydrogens is 977 g/mol. The van der Waals surface area contributed by atoms with Crippen molar-refractivity contribution in [3.8, 4) is 0 Å². The van der Waals surface area contributed by atoms with E-state index in [1.165, 1.54) is 56.2 Å². The van der Waals surface area contributed by atoms with E-state index in [2.05, 4.69) is 28.4 Å². The zero-order valence-electron chi connectivity index (χ0n) is 42.1. The van der Waals surface area contributed by atoms with Crippen LogP contribution in [0.4, 0.5) is 5.82 Å². The van der Waals surface area contributed by atoms with Crippen LogP contribution in [0.3, 0.4) is 0 Å². The summed E-state index contributed by atoms with van der Waals surface area (Å²) in [7, 11) is -11.2. The highest BCUT2D eigenvalue weighted by Crippen LogP contribution is 2.60. The summed E-state index contributed by atoms with van der Waals surface area (Å²) in [6.07, 6.45) is 21.8. The number of carbonyl (C=O) groups is 3. The van der Waals surface area contributed by atoms with Crippen LogP contribution in [-0.2, 0) is 51.1 Å². The fourth-order valence-corrected chi connectivity index (χ4v) is 10.1. The Labute approximate surface area is 424 Å².